The van der Waals surface area contributed by atoms with Gasteiger partial charge in [-0.05, 0) is 79.0 Å². The van der Waals surface area contributed by atoms with Gasteiger partial charge in [-0.25, -0.2) is 9.48 Å². The Morgan fingerprint density at radius 1 is 0.979 bits per heavy atom. The van der Waals surface area contributed by atoms with Crippen LogP contribution in [-0.4, -0.2) is 49.2 Å². The SMILES string of the molecule is CCCCc1c(Cc2ccc(-c3ccccc3-c3nn[nH]n3)cc2)c(=O)n2n1C1CCC2(COCc2ccccc2C(=O)OCC)CC1. The lowest BCUT2D eigenvalue weighted by atomic mass is 9.78. The molecule has 4 heterocycles. The summed E-state index contributed by atoms with van der Waals surface area (Å²) in [6, 6.07) is 24.3. The van der Waals surface area contributed by atoms with Crippen LogP contribution in [0.5, 0.6) is 0 Å². The molecule has 0 spiro atoms. The summed E-state index contributed by atoms with van der Waals surface area (Å²) < 4.78 is 16.1. The average Bonchev–Trinajstić information content (AvgIpc) is 3.76. The van der Waals surface area contributed by atoms with Gasteiger partial charge in [-0.2, -0.15) is 5.21 Å². The van der Waals surface area contributed by atoms with Crippen molar-refractivity contribution in [3.8, 4) is 22.5 Å². The molecular weight excluding hydrogens is 604 g/mol. The second-order valence-electron chi connectivity index (χ2n) is 13.0. The molecule has 248 valence electrons. The number of nitrogens with one attached hydrogen (secondary N) is 1. The van der Waals surface area contributed by atoms with Crippen LogP contribution in [0, 0.1) is 0 Å². The van der Waals surface area contributed by atoms with Gasteiger partial charge in [0.15, 0.2) is 0 Å². The van der Waals surface area contributed by atoms with Gasteiger partial charge in [-0.15, -0.1) is 10.2 Å². The number of benzene rings is 3. The van der Waals surface area contributed by atoms with Crippen molar-refractivity contribution in [2.75, 3.05) is 13.2 Å². The highest BCUT2D eigenvalue weighted by Gasteiger charge is 2.47. The van der Waals surface area contributed by atoms with E-state index in [0.717, 1.165) is 78.3 Å². The number of ether oxygens (including phenoxy) is 2. The molecule has 2 bridgehead atoms. The minimum atomic E-state index is -0.410. The molecule has 1 N–H and O–H groups in total. The van der Waals surface area contributed by atoms with Crippen molar-refractivity contribution >= 4 is 5.97 Å². The minimum Gasteiger partial charge on any atom is -0.462 e. The lowest BCUT2D eigenvalue weighted by Crippen LogP contribution is -2.54. The number of nitrogens with zero attached hydrogens (tertiary/aromatic N) is 5. The standard InChI is InChI=1S/C38H42N6O4/c1-3-5-14-34-33(23-26-15-17-27(18-16-26)30-11-8-9-13-32(30)35-39-41-42-40-35)36(45)44-38(21-19-29(20-22-38)43(34)44)25-47-24-28-10-6-7-12-31(28)37(46)48-4-2/h6-13,15-18,29H,3-5,14,19-25H2,1-2H3,(H,39,40,41,42). The molecule has 0 amide bonds. The van der Waals surface area contributed by atoms with E-state index in [1.54, 1.807) is 13.0 Å². The molecule has 2 aliphatic heterocycles. The van der Waals surface area contributed by atoms with Crippen LogP contribution in [0.4, 0.5) is 0 Å². The molecule has 3 aromatic carbocycles. The van der Waals surface area contributed by atoms with Gasteiger partial charge in [0, 0.05) is 23.2 Å². The predicted octanol–water partition coefficient (Wildman–Crippen LogP) is 6.65. The van der Waals surface area contributed by atoms with E-state index in [9.17, 15) is 9.59 Å². The summed E-state index contributed by atoms with van der Waals surface area (Å²) in [7, 11) is 0. The van der Waals surface area contributed by atoms with Crippen LogP contribution in [0.25, 0.3) is 22.5 Å². The van der Waals surface area contributed by atoms with E-state index < -0.39 is 5.54 Å². The molecule has 0 saturated heterocycles. The summed E-state index contributed by atoms with van der Waals surface area (Å²) >= 11 is 0. The Balaban J connectivity index is 1.17. The van der Waals surface area contributed by atoms with Gasteiger partial charge in [0.25, 0.3) is 5.56 Å². The molecule has 0 radical (unpaired) electrons. The Morgan fingerprint density at radius 3 is 2.46 bits per heavy atom. The fourth-order valence-corrected chi connectivity index (χ4v) is 7.64. The second-order valence-corrected chi connectivity index (χ2v) is 13.0. The molecule has 0 atom stereocenters. The summed E-state index contributed by atoms with van der Waals surface area (Å²) in [5.74, 6) is 0.214. The van der Waals surface area contributed by atoms with Crippen LogP contribution in [0.2, 0.25) is 0 Å². The van der Waals surface area contributed by atoms with Crippen molar-refractivity contribution in [1.82, 2.24) is 30.0 Å². The lowest BCUT2D eigenvalue weighted by molar-refractivity contribution is -0.0396. The number of fused-ring (bicyclic) bond motifs is 2. The van der Waals surface area contributed by atoms with Crippen LogP contribution < -0.4 is 5.56 Å². The van der Waals surface area contributed by atoms with Crippen molar-refractivity contribution < 1.29 is 14.3 Å². The average molecular weight is 647 g/mol. The number of tetrazole rings is 1. The maximum absolute atomic E-state index is 14.5. The van der Waals surface area contributed by atoms with Crippen molar-refractivity contribution in [2.45, 2.75) is 83.4 Å². The smallest absolute Gasteiger partial charge is 0.338 e. The van der Waals surface area contributed by atoms with Crippen LogP contribution in [0.15, 0.2) is 77.6 Å². The Labute approximate surface area is 280 Å². The lowest BCUT2D eigenvalue weighted by Gasteiger charge is -2.49. The zero-order valence-corrected chi connectivity index (χ0v) is 27.7. The molecule has 0 unspecified atom stereocenters. The molecule has 8 rings (SSSR count). The molecule has 10 heteroatoms. The molecule has 1 fully saturated rings. The van der Waals surface area contributed by atoms with Crippen LogP contribution in [0.3, 0.4) is 0 Å². The number of aromatic nitrogens is 6. The van der Waals surface area contributed by atoms with Crippen molar-refractivity contribution in [3.63, 3.8) is 0 Å². The minimum absolute atomic E-state index is 0.104. The highest BCUT2D eigenvalue weighted by atomic mass is 16.5. The highest BCUT2D eigenvalue weighted by molar-refractivity contribution is 5.91. The van der Waals surface area contributed by atoms with Crippen molar-refractivity contribution in [3.05, 3.63) is 111 Å². The summed E-state index contributed by atoms with van der Waals surface area (Å²) in [4.78, 5) is 27.1. The third-order valence-corrected chi connectivity index (χ3v) is 10.0. The zero-order chi connectivity index (χ0) is 33.1. The van der Waals surface area contributed by atoms with E-state index in [-0.39, 0.29) is 18.1 Å². The molecule has 2 aromatic heterocycles. The number of hydrogen-bond acceptors (Lipinski definition) is 7. The van der Waals surface area contributed by atoms with Crippen molar-refractivity contribution in [2.24, 2.45) is 0 Å². The summed E-state index contributed by atoms with van der Waals surface area (Å²) in [5.41, 5.74) is 7.18. The number of aromatic amines is 1. The fraction of sp³-hybridized carbons (Fsp3) is 0.395. The second kappa shape index (κ2) is 13.7. The molecule has 1 saturated carbocycles. The third kappa shape index (κ3) is 5.89. The van der Waals surface area contributed by atoms with E-state index in [2.05, 4.69) is 67.2 Å². The third-order valence-electron chi connectivity index (χ3n) is 10.0. The molecule has 3 aliphatic rings. The number of carbonyl (C=O) groups is 1. The van der Waals surface area contributed by atoms with E-state index in [1.807, 2.05) is 36.4 Å². The monoisotopic (exact) mass is 646 g/mol. The summed E-state index contributed by atoms with van der Waals surface area (Å²) in [6.07, 6.45) is 7.42. The maximum atomic E-state index is 14.5. The number of carbonyl (C=O) groups excluding carboxylic acids is 1. The molecule has 1 aliphatic carbocycles. The van der Waals surface area contributed by atoms with E-state index in [1.165, 1.54) is 5.69 Å². The van der Waals surface area contributed by atoms with Gasteiger partial charge in [0.1, 0.15) is 0 Å². The Hall–Kier alpha value is -4.83. The first kappa shape index (κ1) is 31.8. The first-order valence-electron chi connectivity index (χ1n) is 17.1. The molecular formula is C38H42N6O4. The van der Waals surface area contributed by atoms with Gasteiger partial charge in [0.05, 0.1) is 37.0 Å². The largest absolute Gasteiger partial charge is 0.462 e. The van der Waals surface area contributed by atoms with E-state index in [0.29, 0.717) is 37.1 Å². The van der Waals surface area contributed by atoms with Gasteiger partial charge in [0.2, 0.25) is 5.82 Å². The molecule has 5 aromatic rings. The zero-order valence-electron chi connectivity index (χ0n) is 27.7. The summed E-state index contributed by atoms with van der Waals surface area (Å²) in [6.45, 7) is 5.03. The van der Waals surface area contributed by atoms with Crippen LogP contribution in [-0.2, 0) is 34.5 Å². The van der Waals surface area contributed by atoms with Gasteiger partial charge in [-0.1, -0.05) is 80.1 Å². The molecule has 48 heavy (non-hydrogen) atoms. The number of H-pyrrole nitrogens is 1. The number of rotatable bonds is 13. The first-order valence-corrected chi connectivity index (χ1v) is 17.1. The van der Waals surface area contributed by atoms with Crippen molar-refractivity contribution in [1.29, 1.82) is 0 Å². The van der Waals surface area contributed by atoms with E-state index >= 15 is 0 Å². The first-order chi connectivity index (χ1) is 23.5. The van der Waals surface area contributed by atoms with Gasteiger partial charge < -0.3 is 9.47 Å². The Bertz CT molecular complexity index is 1930. The topological polar surface area (TPSA) is 117 Å². The Kier molecular flexibility index (Phi) is 9.08. The normalized spacial score (nSPS) is 18.2. The maximum Gasteiger partial charge on any atom is 0.338 e. The Morgan fingerprint density at radius 2 is 1.73 bits per heavy atom. The molecule has 10 nitrogen and oxygen atoms in total. The van der Waals surface area contributed by atoms with E-state index in [4.69, 9.17) is 9.47 Å². The quantitative estimate of drug-likeness (QED) is 0.142. The number of hydrogen-bond donors (Lipinski definition) is 1. The number of esters is 1. The van der Waals surface area contributed by atoms with Crippen LogP contribution >= 0.6 is 0 Å². The fourth-order valence-electron chi connectivity index (χ4n) is 7.64. The number of unbranched alkanes of at least 4 members (excludes halogenated alkanes) is 1. The summed E-state index contributed by atoms with van der Waals surface area (Å²) in [5, 5.41) is 14.6. The highest BCUT2D eigenvalue weighted by Crippen LogP contribution is 2.46. The van der Waals surface area contributed by atoms with Crippen LogP contribution in [0.1, 0.15) is 91.2 Å². The van der Waals surface area contributed by atoms with Gasteiger partial charge in [-0.3, -0.25) is 9.48 Å². The van der Waals surface area contributed by atoms with Gasteiger partial charge >= 0.3 is 5.97 Å². The predicted molar refractivity (Wildman–Crippen MR) is 183 cm³/mol.